The van der Waals surface area contributed by atoms with Gasteiger partial charge in [-0.05, 0) is 55.9 Å². The summed E-state index contributed by atoms with van der Waals surface area (Å²) < 4.78 is 0. The lowest BCUT2D eigenvalue weighted by molar-refractivity contribution is 0.268. The molecule has 0 spiro atoms. The van der Waals surface area contributed by atoms with E-state index in [1.54, 1.807) is 0 Å². The van der Waals surface area contributed by atoms with Gasteiger partial charge in [-0.2, -0.15) is 0 Å². The number of hydrogen-bond acceptors (Lipinski definition) is 1. The van der Waals surface area contributed by atoms with E-state index in [4.69, 9.17) is 0 Å². The minimum atomic E-state index is 0.477. The molecule has 2 unspecified atom stereocenters. The van der Waals surface area contributed by atoms with Gasteiger partial charge in [0.25, 0.3) is 0 Å². The highest BCUT2D eigenvalue weighted by Gasteiger charge is 2.24. The zero-order valence-electron chi connectivity index (χ0n) is 13.4. The van der Waals surface area contributed by atoms with Gasteiger partial charge in [-0.15, -0.1) is 0 Å². The Balaban J connectivity index is 2.27. The van der Waals surface area contributed by atoms with E-state index in [2.05, 4.69) is 39.9 Å². The van der Waals surface area contributed by atoms with E-state index in [0.717, 1.165) is 17.9 Å². The maximum absolute atomic E-state index is 3.77. The lowest BCUT2D eigenvalue weighted by Crippen LogP contribution is -2.32. The molecule has 0 aromatic carbocycles. The Bertz CT molecular complexity index is 212. The second kappa shape index (κ2) is 7.53. The van der Waals surface area contributed by atoms with Crippen LogP contribution in [0.3, 0.4) is 0 Å². The second-order valence-corrected chi connectivity index (χ2v) is 7.78. The zero-order chi connectivity index (χ0) is 13.6. The highest BCUT2D eigenvalue weighted by Crippen LogP contribution is 2.35. The van der Waals surface area contributed by atoms with Gasteiger partial charge in [0.15, 0.2) is 0 Å². The van der Waals surface area contributed by atoms with Gasteiger partial charge >= 0.3 is 0 Å². The van der Waals surface area contributed by atoms with Crippen LogP contribution in [0.5, 0.6) is 0 Å². The Labute approximate surface area is 115 Å². The minimum absolute atomic E-state index is 0.477. The van der Waals surface area contributed by atoms with E-state index in [0.29, 0.717) is 5.41 Å². The summed E-state index contributed by atoms with van der Waals surface area (Å²) in [6, 6.07) is 0.767. The Morgan fingerprint density at radius 3 is 2.39 bits per heavy atom. The van der Waals surface area contributed by atoms with E-state index in [1.165, 1.54) is 51.5 Å². The molecule has 0 amide bonds. The summed E-state index contributed by atoms with van der Waals surface area (Å²) in [6.45, 7) is 13.0. The maximum Gasteiger partial charge on any atom is 0.00697 e. The van der Waals surface area contributed by atoms with Crippen molar-refractivity contribution in [3.8, 4) is 0 Å². The molecule has 0 aromatic heterocycles. The van der Waals surface area contributed by atoms with Gasteiger partial charge in [-0.1, -0.05) is 47.5 Å². The van der Waals surface area contributed by atoms with Crippen LogP contribution in [0.25, 0.3) is 0 Å². The highest BCUT2D eigenvalue weighted by molar-refractivity contribution is 4.79. The maximum atomic E-state index is 3.77. The van der Waals surface area contributed by atoms with E-state index in [1.807, 2.05) is 0 Å². The molecule has 2 atom stereocenters. The molecule has 18 heavy (non-hydrogen) atoms. The summed E-state index contributed by atoms with van der Waals surface area (Å²) in [6.07, 6.45) is 9.83. The highest BCUT2D eigenvalue weighted by atomic mass is 14.9. The van der Waals surface area contributed by atoms with Gasteiger partial charge in [0.2, 0.25) is 0 Å². The number of rotatable bonds is 9. The monoisotopic (exact) mass is 253 g/mol. The van der Waals surface area contributed by atoms with Gasteiger partial charge in [-0.25, -0.2) is 0 Å². The van der Waals surface area contributed by atoms with Gasteiger partial charge in [0.05, 0.1) is 0 Å². The first-order valence-electron chi connectivity index (χ1n) is 8.14. The predicted molar refractivity (Wildman–Crippen MR) is 81.9 cm³/mol. The van der Waals surface area contributed by atoms with Crippen molar-refractivity contribution >= 4 is 0 Å². The molecular formula is C17H35N. The molecule has 1 saturated carbocycles. The summed E-state index contributed by atoms with van der Waals surface area (Å²) in [4.78, 5) is 0. The molecule has 0 bridgehead atoms. The van der Waals surface area contributed by atoms with Crippen molar-refractivity contribution < 1.29 is 0 Å². The number of nitrogens with one attached hydrogen (secondary N) is 1. The fourth-order valence-electron chi connectivity index (χ4n) is 3.11. The smallest absolute Gasteiger partial charge is 0.00697 e. The summed E-state index contributed by atoms with van der Waals surface area (Å²) in [5, 5.41) is 3.77. The standard InChI is InChI=1S/C17H35N/c1-6-11-18-16(10-9-15-7-8-15)12-14(2)13-17(3,4)5/h14-16,18H,6-13H2,1-5H3. The van der Waals surface area contributed by atoms with E-state index in [-0.39, 0.29) is 0 Å². The molecular weight excluding hydrogens is 218 g/mol. The fourth-order valence-corrected chi connectivity index (χ4v) is 3.11. The molecule has 0 aromatic rings. The Morgan fingerprint density at radius 1 is 1.22 bits per heavy atom. The Morgan fingerprint density at radius 2 is 1.89 bits per heavy atom. The van der Waals surface area contributed by atoms with Crippen molar-refractivity contribution in [3.63, 3.8) is 0 Å². The quantitative estimate of drug-likeness (QED) is 0.609. The lowest BCUT2D eigenvalue weighted by Gasteiger charge is -2.27. The summed E-state index contributed by atoms with van der Waals surface area (Å²) in [7, 11) is 0. The summed E-state index contributed by atoms with van der Waals surface area (Å²) in [5.74, 6) is 1.92. The molecule has 1 heteroatoms. The minimum Gasteiger partial charge on any atom is -0.314 e. The molecule has 0 aliphatic heterocycles. The van der Waals surface area contributed by atoms with Crippen LogP contribution in [0.4, 0.5) is 0 Å². The average molecular weight is 253 g/mol. The first kappa shape index (κ1) is 16.0. The van der Waals surface area contributed by atoms with Crippen molar-refractivity contribution in [2.75, 3.05) is 6.54 Å². The first-order chi connectivity index (χ1) is 8.40. The average Bonchev–Trinajstić information content (AvgIpc) is 3.03. The van der Waals surface area contributed by atoms with E-state index < -0.39 is 0 Å². The van der Waals surface area contributed by atoms with E-state index >= 15 is 0 Å². The SMILES string of the molecule is CCCNC(CCC1CC1)CC(C)CC(C)(C)C. The second-order valence-electron chi connectivity index (χ2n) is 7.78. The van der Waals surface area contributed by atoms with Gasteiger partial charge in [0.1, 0.15) is 0 Å². The topological polar surface area (TPSA) is 12.0 Å². The van der Waals surface area contributed by atoms with Gasteiger partial charge in [-0.3, -0.25) is 0 Å². The van der Waals surface area contributed by atoms with Gasteiger partial charge in [0, 0.05) is 6.04 Å². The molecule has 1 aliphatic rings. The van der Waals surface area contributed by atoms with Crippen LogP contribution in [0.2, 0.25) is 0 Å². The third kappa shape index (κ3) is 8.13. The molecule has 1 rings (SSSR count). The van der Waals surface area contributed by atoms with Crippen LogP contribution in [0, 0.1) is 17.3 Å². The third-order valence-corrected chi connectivity index (χ3v) is 3.95. The molecule has 1 N–H and O–H groups in total. The lowest BCUT2D eigenvalue weighted by atomic mass is 9.82. The van der Waals surface area contributed by atoms with E-state index in [9.17, 15) is 0 Å². The predicted octanol–water partition coefficient (Wildman–Crippen LogP) is 5.01. The zero-order valence-corrected chi connectivity index (χ0v) is 13.4. The van der Waals surface area contributed by atoms with Crippen molar-refractivity contribution in [3.05, 3.63) is 0 Å². The van der Waals surface area contributed by atoms with Crippen LogP contribution in [0.15, 0.2) is 0 Å². The molecule has 0 saturated heterocycles. The van der Waals surface area contributed by atoms with Crippen LogP contribution >= 0.6 is 0 Å². The summed E-state index contributed by atoms with van der Waals surface area (Å²) >= 11 is 0. The Kier molecular flexibility index (Phi) is 6.70. The van der Waals surface area contributed by atoms with Crippen LogP contribution < -0.4 is 5.32 Å². The fraction of sp³-hybridized carbons (Fsp3) is 1.00. The van der Waals surface area contributed by atoms with Crippen LogP contribution in [-0.4, -0.2) is 12.6 Å². The third-order valence-electron chi connectivity index (χ3n) is 3.95. The molecule has 0 radical (unpaired) electrons. The van der Waals surface area contributed by atoms with Crippen molar-refractivity contribution in [1.29, 1.82) is 0 Å². The van der Waals surface area contributed by atoms with Crippen LogP contribution in [-0.2, 0) is 0 Å². The summed E-state index contributed by atoms with van der Waals surface area (Å²) in [5.41, 5.74) is 0.477. The largest absolute Gasteiger partial charge is 0.314 e. The molecule has 1 aliphatic carbocycles. The molecule has 1 nitrogen and oxygen atoms in total. The molecule has 0 heterocycles. The normalized spacial score (nSPS) is 19.8. The first-order valence-corrected chi connectivity index (χ1v) is 8.14. The molecule has 108 valence electrons. The molecule has 1 fully saturated rings. The van der Waals surface area contributed by atoms with Crippen LogP contribution in [0.1, 0.15) is 79.6 Å². The van der Waals surface area contributed by atoms with Crippen molar-refractivity contribution in [2.24, 2.45) is 17.3 Å². The van der Waals surface area contributed by atoms with Gasteiger partial charge < -0.3 is 5.32 Å². The van der Waals surface area contributed by atoms with Crippen molar-refractivity contribution in [1.82, 2.24) is 5.32 Å². The van der Waals surface area contributed by atoms with Crippen molar-refractivity contribution in [2.45, 2.75) is 85.6 Å². The number of hydrogen-bond donors (Lipinski definition) is 1. The Hall–Kier alpha value is -0.0400.